The third-order valence-corrected chi connectivity index (χ3v) is 2.17. The maximum atomic E-state index is 13.6. The van der Waals surface area contributed by atoms with Crippen molar-refractivity contribution < 1.29 is 9.31 Å². The second-order valence-electron chi connectivity index (χ2n) is 3.17. The maximum absolute atomic E-state index is 13.6. The van der Waals surface area contributed by atoms with E-state index in [1.807, 2.05) is 0 Å². The highest BCUT2D eigenvalue weighted by molar-refractivity contribution is 5.73. The lowest BCUT2D eigenvalue weighted by Crippen LogP contribution is -1.94. The first-order valence-corrected chi connectivity index (χ1v) is 4.60. The van der Waals surface area contributed by atoms with Crippen LogP contribution in [0.15, 0.2) is 42.5 Å². The summed E-state index contributed by atoms with van der Waals surface area (Å²) < 4.78 is 13.6. The topological polar surface area (TPSA) is 43.1 Å². The van der Waals surface area contributed by atoms with Crippen molar-refractivity contribution >= 4 is 5.69 Å². The molecule has 0 bridgehead atoms. The van der Waals surface area contributed by atoms with Crippen molar-refractivity contribution in [2.24, 2.45) is 0 Å². The summed E-state index contributed by atoms with van der Waals surface area (Å²) in [5.74, 6) is -0.614. The fourth-order valence-electron chi connectivity index (χ4n) is 1.49. The van der Waals surface area contributed by atoms with Gasteiger partial charge in [0.05, 0.1) is 16.6 Å². The van der Waals surface area contributed by atoms with E-state index in [2.05, 4.69) is 6.07 Å². The number of nitrogens with zero attached hydrogens (tertiary/aromatic N) is 1. The molecule has 2 aromatic carbocycles. The van der Waals surface area contributed by atoms with E-state index in [1.54, 1.807) is 30.3 Å². The van der Waals surface area contributed by atoms with Crippen LogP contribution in [-0.2, 0) is 0 Å². The van der Waals surface area contributed by atoms with E-state index in [1.165, 1.54) is 6.07 Å². The van der Waals surface area contributed by atoms with E-state index < -0.39 is 10.7 Å². The van der Waals surface area contributed by atoms with Crippen LogP contribution in [0.2, 0.25) is 0 Å². The van der Waals surface area contributed by atoms with Crippen molar-refractivity contribution in [3.63, 3.8) is 0 Å². The summed E-state index contributed by atoms with van der Waals surface area (Å²) in [4.78, 5) is 10.1. The van der Waals surface area contributed by atoms with Gasteiger partial charge in [0.15, 0.2) is 0 Å². The molecule has 0 aliphatic carbocycles. The molecular formula is C12H7FNO2. The van der Waals surface area contributed by atoms with Gasteiger partial charge in [-0.3, -0.25) is 10.1 Å². The molecule has 0 aliphatic rings. The predicted molar refractivity (Wildman–Crippen MR) is 57.3 cm³/mol. The zero-order valence-electron chi connectivity index (χ0n) is 8.18. The summed E-state index contributed by atoms with van der Waals surface area (Å²) in [5.41, 5.74) is 0.114. The number of benzene rings is 2. The molecule has 16 heavy (non-hydrogen) atoms. The lowest BCUT2D eigenvalue weighted by atomic mass is 10.0. The van der Waals surface area contributed by atoms with Crippen LogP contribution in [0.1, 0.15) is 0 Å². The van der Waals surface area contributed by atoms with E-state index in [9.17, 15) is 14.5 Å². The number of nitro groups is 1. The van der Waals surface area contributed by atoms with E-state index in [4.69, 9.17) is 0 Å². The largest absolute Gasteiger partial charge is 0.288 e. The molecule has 4 heteroatoms. The van der Waals surface area contributed by atoms with Crippen molar-refractivity contribution in [1.29, 1.82) is 0 Å². The monoisotopic (exact) mass is 216 g/mol. The summed E-state index contributed by atoms with van der Waals surface area (Å²) in [6.07, 6.45) is 0. The van der Waals surface area contributed by atoms with Crippen molar-refractivity contribution in [1.82, 2.24) is 0 Å². The van der Waals surface area contributed by atoms with Crippen LogP contribution in [0.4, 0.5) is 10.1 Å². The van der Waals surface area contributed by atoms with Gasteiger partial charge in [-0.05, 0) is 17.7 Å². The number of nitro benzene ring substituents is 1. The van der Waals surface area contributed by atoms with Crippen molar-refractivity contribution in [2.75, 3.05) is 0 Å². The molecule has 2 aromatic rings. The first-order valence-electron chi connectivity index (χ1n) is 4.60. The molecule has 0 aliphatic heterocycles. The number of hydrogen-bond acceptors (Lipinski definition) is 2. The van der Waals surface area contributed by atoms with Crippen LogP contribution in [0.5, 0.6) is 0 Å². The quantitative estimate of drug-likeness (QED) is 0.571. The van der Waals surface area contributed by atoms with E-state index in [-0.39, 0.29) is 11.3 Å². The molecule has 1 radical (unpaired) electrons. The minimum atomic E-state index is -0.634. The predicted octanol–water partition coefficient (Wildman–Crippen LogP) is 3.20. The van der Waals surface area contributed by atoms with E-state index >= 15 is 0 Å². The number of halogens is 1. The minimum Gasteiger partial charge on any atom is -0.258 e. The van der Waals surface area contributed by atoms with Crippen LogP contribution < -0.4 is 0 Å². The molecule has 0 saturated heterocycles. The van der Waals surface area contributed by atoms with Crippen molar-refractivity contribution in [3.05, 3.63) is 64.5 Å². The number of hydrogen-bond donors (Lipinski definition) is 0. The third kappa shape index (κ3) is 1.77. The highest BCUT2D eigenvalue weighted by Crippen LogP contribution is 2.31. The second-order valence-corrected chi connectivity index (χ2v) is 3.17. The van der Waals surface area contributed by atoms with Crippen LogP contribution in [0.25, 0.3) is 11.1 Å². The van der Waals surface area contributed by atoms with Crippen LogP contribution >= 0.6 is 0 Å². The summed E-state index contributed by atoms with van der Waals surface area (Å²) >= 11 is 0. The summed E-state index contributed by atoms with van der Waals surface area (Å²) in [6.45, 7) is 0. The molecule has 0 aromatic heterocycles. The molecule has 3 nitrogen and oxygen atoms in total. The Balaban J connectivity index is 2.68. The fraction of sp³-hybridized carbons (Fsp3) is 0. The molecule has 0 spiro atoms. The van der Waals surface area contributed by atoms with Gasteiger partial charge in [0.25, 0.3) is 5.69 Å². The van der Waals surface area contributed by atoms with Crippen LogP contribution in [0, 0.1) is 22.0 Å². The van der Waals surface area contributed by atoms with Gasteiger partial charge in [-0.2, -0.15) is 0 Å². The molecule has 2 rings (SSSR count). The van der Waals surface area contributed by atoms with Crippen molar-refractivity contribution in [3.8, 4) is 11.1 Å². The SMILES string of the molecule is O=[N+]([O-])c1[c]ccc(F)c1-c1ccccc1. The Morgan fingerprint density at radius 1 is 1.19 bits per heavy atom. The first kappa shape index (κ1) is 10.3. The first-order chi connectivity index (χ1) is 7.70. The van der Waals surface area contributed by atoms with Gasteiger partial charge in [0.2, 0.25) is 0 Å². The average Bonchev–Trinajstić information content (AvgIpc) is 2.29. The molecule has 0 saturated carbocycles. The maximum Gasteiger partial charge on any atom is 0.288 e. The van der Waals surface area contributed by atoms with Gasteiger partial charge in [0.1, 0.15) is 5.82 Å². The Morgan fingerprint density at radius 3 is 2.50 bits per heavy atom. The highest BCUT2D eigenvalue weighted by atomic mass is 19.1. The number of rotatable bonds is 2. The summed E-state index contributed by atoms with van der Waals surface area (Å²) in [6, 6.07) is 13.2. The Bertz CT molecular complexity index is 526. The summed E-state index contributed by atoms with van der Waals surface area (Å²) in [7, 11) is 0. The average molecular weight is 216 g/mol. The van der Waals surface area contributed by atoms with Gasteiger partial charge < -0.3 is 0 Å². The molecule has 0 N–H and O–H groups in total. The van der Waals surface area contributed by atoms with E-state index in [0.29, 0.717) is 5.56 Å². The molecule has 0 amide bonds. The van der Waals surface area contributed by atoms with E-state index in [0.717, 1.165) is 6.07 Å². The van der Waals surface area contributed by atoms with Gasteiger partial charge >= 0.3 is 0 Å². The van der Waals surface area contributed by atoms with Gasteiger partial charge in [-0.1, -0.05) is 30.3 Å². The smallest absolute Gasteiger partial charge is 0.258 e. The molecule has 0 fully saturated rings. The molecular weight excluding hydrogens is 209 g/mol. The Kier molecular flexibility index (Phi) is 2.64. The van der Waals surface area contributed by atoms with Gasteiger partial charge in [-0.25, -0.2) is 4.39 Å². The zero-order chi connectivity index (χ0) is 11.5. The molecule has 0 heterocycles. The lowest BCUT2D eigenvalue weighted by Gasteiger charge is -2.03. The Morgan fingerprint density at radius 2 is 1.88 bits per heavy atom. The van der Waals surface area contributed by atoms with Crippen LogP contribution in [-0.4, -0.2) is 4.92 Å². The Hall–Kier alpha value is -2.23. The molecule has 0 atom stereocenters. The lowest BCUT2D eigenvalue weighted by molar-refractivity contribution is -0.384. The molecule has 79 valence electrons. The Labute approximate surface area is 91.3 Å². The second kappa shape index (κ2) is 4.10. The normalized spacial score (nSPS) is 10.1. The third-order valence-electron chi connectivity index (χ3n) is 2.17. The van der Waals surface area contributed by atoms with Crippen LogP contribution in [0.3, 0.4) is 0 Å². The summed E-state index contributed by atoms with van der Waals surface area (Å²) in [5, 5.41) is 10.8. The standard InChI is InChI=1S/C12H7FNO2/c13-10-7-4-8-11(14(15)16)12(10)9-5-2-1-3-6-9/h1-7H. The highest BCUT2D eigenvalue weighted by Gasteiger charge is 2.19. The molecule has 0 unspecified atom stereocenters. The minimum absolute atomic E-state index is 0.0203. The van der Waals surface area contributed by atoms with Gasteiger partial charge in [-0.15, -0.1) is 0 Å². The van der Waals surface area contributed by atoms with Crippen molar-refractivity contribution in [2.45, 2.75) is 0 Å². The fourth-order valence-corrected chi connectivity index (χ4v) is 1.49. The zero-order valence-corrected chi connectivity index (χ0v) is 8.18. The van der Waals surface area contributed by atoms with Gasteiger partial charge in [0, 0.05) is 0 Å².